The topological polar surface area (TPSA) is 93.5 Å². The summed E-state index contributed by atoms with van der Waals surface area (Å²) in [7, 11) is 0. The Morgan fingerprint density at radius 2 is 1.94 bits per heavy atom. The van der Waals surface area contributed by atoms with Crippen LogP contribution >= 0.6 is 0 Å². The van der Waals surface area contributed by atoms with Crippen molar-refractivity contribution in [2.75, 3.05) is 5.32 Å². The molecule has 5 N–H and O–H groups in total. The average Bonchev–Trinajstić information content (AvgIpc) is 2.28. The number of benzene rings is 1. The standard InChI is InChI=1S/C12H18N4O/c1-2-3-11(17)16-10-6-4-9(5-7-10)8-15-12(13)14/h4-7H,2-3,8H2,1H3,(H,16,17)(H4,13,14,15). The van der Waals surface area contributed by atoms with Crippen LogP contribution in [-0.2, 0) is 11.3 Å². The first-order valence-corrected chi connectivity index (χ1v) is 5.56. The lowest BCUT2D eigenvalue weighted by atomic mass is 10.2. The van der Waals surface area contributed by atoms with Crippen LogP contribution in [0, 0.1) is 0 Å². The summed E-state index contributed by atoms with van der Waals surface area (Å²) in [6, 6.07) is 7.44. The molecule has 1 aromatic rings. The summed E-state index contributed by atoms with van der Waals surface area (Å²) in [4.78, 5) is 15.2. The molecule has 5 heteroatoms. The van der Waals surface area contributed by atoms with Crippen LogP contribution < -0.4 is 16.8 Å². The zero-order valence-corrected chi connectivity index (χ0v) is 9.94. The molecule has 0 aliphatic carbocycles. The molecule has 0 aliphatic heterocycles. The van der Waals surface area contributed by atoms with Crippen molar-refractivity contribution in [3.63, 3.8) is 0 Å². The quantitative estimate of drug-likeness (QED) is 0.528. The largest absolute Gasteiger partial charge is 0.370 e. The maximum absolute atomic E-state index is 11.3. The number of nitrogens with zero attached hydrogens (tertiary/aromatic N) is 1. The number of rotatable bonds is 5. The molecular weight excluding hydrogens is 216 g/mol. The summed E-state index contributed by atoms with van der Waals surface area (Å²) in [5, 5.41) is 2.81. The number of guanidine groups is 1. The number of anilines is 1. The van der Waals surface area contributed by atoms with Gasteiger partial charge >= 0.3 is 0 Å². The van der Waals surface area contributed by atoms with Gasteiger partial charge in [-0.1, -0.05) is 19.1 Å². The zero-order chi connectivity index (χ0) is 12.7. The van der Waals surface area contributed by atoms with Gasteiger partial charge in [0.25, 0.3) is 0 Å². The number of carbonyl (C=O) groups excluding carboxylic acids is 1. The molecule has 0 unspecified atom stereocenters. The third kappa shape index (κ3) is 5.01. The van der Waals surface area contributed by atoms with E-state index in [0.717, 1.165) is 17.7 Å². The molecule has 0 saturated carbocycles. The van der Waals surface area contributed by atoms with E-state index in [1.165, 1.54) is 0 Å². The van der Waals surface area contributed by atoms with E-state index in [1.54, 1.807) is 0 Å². The van der Waals surface area contributed by atoms with Gasteiger partial charge in [0, 0.05) is 12.1 Å². The van der Waals surface area contributed by atoms with E-state index in [0.29, 0.717) is 13.0 Å². The van der Waals surface area contributed by atoms with Crippen LogP contribution in [0.15, 0.2) is 29.3 Å². The number of hydrogen-bond acceptors (Lipinski definition) is 2. The Balaban J connectivity index is 2.56. The fourth-order valence-corrected chi connectivity index (χ4v) is 1.33. The van der Waals surface area contributed by atoms with E-state index in [2.05, 4.69) is 10.3 Å². The summed E-state index contributed by atoms with van der Waals surface area (Å²) in [5.41, 5.74) is 12.3. The molecule has 92 valence electrons. The summed E-state index contributed by atoms with van der Waals surface area (Å²) in [6.45, 7) is 2.42. The third-order valence-electron chi connectivity index (χ3n) is 2.16. The number of amides is 1. The van der Waals surface area contributed by atoms with Gasteiger partial charge < -0.3 is 16.8 Å². The van der Waals surface area contributed by atoms with Crippen molar-refractivity contribution in [1.29, 1.82) is 0 Å². The van der Waals surface area contributed by atoms with Gasteiger partial charge in [-0.05, 0) is 24.1 Å². The van der Waals surface area contributed by atoms with E-state index in [4.69, 9.17) is 11.5 Å². The van der Waals surface area contributed by atoms with Gasteiger partial charge in [0.15, 0.2) is 5.96 Å². The van der Waals surface area contributed by atoms with Crippen molar-refractivity contribution in [2.45, 2.75) is 26.3 Å². The van der Waals surface area contributed by atoms with Crippen LogP contribution in [0.2, 0.25) is 0 Å². The molecule has 0 radical (unpaired) electrons. The lowest BCUT2D eigenvalue weighted by molar-refractivity contribution is -0.116. The first-order valence-electron chi connectivity index (χ1n) is 5.56. The van der Waals surface area contributed by atoms with Crippen LogP contribution in [-0.4, -0.2) is 11.9 Å². The predicted octanol–water partition coefficient (Wildman–Crippen LogP) is 1.20. The van der Waals surface area contributed by atoms with Gasteiger partial charge in [-0.2, -0.15) is 0 Å². The molecule has 0 heterocycles. The molecule has 17 heavy (non-hydrogen) atoms. The van der Waals surface area contributed by atoms with Crippen LogP contribution in [0.25, 0.3) is 0 Å². The minimum atomic E-state index is 0.0319. The molecule has 0 atom stereocenters. The molecular formula is C12H18N4O. The Morgan fingerprint density at radius 3 is 2.47 bits per heavy atom. The Bertz CT molecular complexity index is 393. The minimum absolute atomic E-state index is 0.0319. The predicted molar refractivity (Wildman–Crippen MR) is 69.5 cm³/mol. The lowest BCUT2D eigenvalue weighted by Crippen LogP contribution is -2.22. The first-order chi connectivity index (χ1) is 8.11. The van der Waals surface area contributed by atoms with Crippen molar-refractivity contribution in [2.24, 2.45) is 16.5 Å². The molecule has 0 aliphatic rings. The molecule has 1 rings (SSSR count). The molecule has 0 spiro atoms. The number of hydrogen-bond donors (Lipinski definition) is 3. The van der Waals surface area contributed by atoms with Gasteiger partial charge in [0.05, 0.1) is 6.54 Å². The lowest BCUT2D eigenvalue weighted by Gasteiger charge is -2.05. The monoisotopic (exact) mass is 234 g/mol. The van der Waals surface area contributed by atoms with Crippen molar-refractivity contribution in [1.82, 2.24) is 0 Å². The summed E-state index contributed by atoms with van der Waals surface area (Å²) in [6.07, 6.45) is 1.38. The van der Waals surface area contributed by atoms with Gasteiger partial charge in [-0.3, -0.25) is 4.79 Å². The third-order valence-corrected chi connectivity index (χ3v) is 2.16. The van der Waals surface area contributed by atoms with Gasteiger partial charge in [0.1, 0.15) is 0 Å². The minimum Gasteiger partial charge on any atom is -0.370 e. The fourth-order valence-electron chi connectivity index (χ4n) is 1.33. The average molecular weight is 234 g/mol. The highest BCUT2D eigenvalue weighted by molar-refractivity contribution is 5.90. The second-order valence-corrected chi connectivity index (χ2v) is 3.74. The van der Waals surface area contributed by atoms with Crippen molar-refractivity contribution < 1.29 is 4.79 Å². The Morgan fingerprint density at radius 1 is 1.29 bits per heavy atom. The highest BCUT2D eigenvalue weighted by atomic mass is 16.1. The SMILES string of the molecule is CCCC(=O)Nc1ccc(CN=C(N)N)cc1. The number of carbonyl (C=O) groups is 1. The van der Waals surface area contributed by atoms with E-state index < -0.39 is 0 Å². The van der Waals surface area contributed by atoms with Gasteiger partial charge in [-0.15, -0.1) is 0 Å². The number of nitrogens with two attached hydrogens (primary N) is 2. The highest BCUT2D eigenvalue weighted by Gasteiger charge is 2.00. The fraction of sp³-hybridized carbons (Fsp3) is 0.333. The summed E-state index contributed by atoms with van der Waals surface area (Å²) < 4.78 is 0. The normalized spacial score (nSPS) is 9.71. The second-order valence-electron chi connectivity index (χ2n) is 3.74. The van der Waals surface area contributed by atoms with Crippen molar-refractivity contribution >= 4 is 17.6 Å². The maximum atomic E-state index is 11.3. The van der Waals surface area contributed by atoms with Crippen molar-refractivity contribution in [3.8, 4) is 0 Å². The van der Waals surface area contributed by atoms with Crippen LogP contribution in [0.1, 0.15) is 25.3 Å². The van der Waals surface area contributed by atoms with E-state index in [1.807, 2.05) is 31.2 Å². The van der Waals surface area contributed by atoms with E-state index in [9.17, 15) is 4.79 Å². The zero-order valence-electron chi connectivity index (χ0n) is 9.94. The Labute approximate surface area is 101 Å². The van der Waals surface area contributed by atoms with E-state index >= 15 is 0 Å². The molecule has 0 aromatic heterocycles. The summed E-state index contributed by atoms with van der Waals surface area (Å²) >= 11 is 0. The number of aliphatic imine (C=N–C) groups is 1. The highest BCUT2D eigenvalue weighted by Crippen LogP contribution is 2.10. The van der Waals surface area contributed by atoms with Gasteiger partial charge in [-0.25, -0.2) is 4.99 Å². The van der Waals surface area contributed by atoms with Gasteiger partial charge in [0.2, 0.25) is 5.91 Å². The maximum Gasteiger partial charge on any atom is 0.224 e. The van der Waals surface area contributed by atoms with Crippen LogP contribution in [0.3, 0.4) is 0 Å². The molecule has 5 nitrogen and oxygen atoms in total. The van der Waals surface area contributed by atoms with E-state index in [-0.39, 0.29) is 11.9 Å². The smallest absolute Gasteiger partial charge is 0.224 e. The summed E-state index contributed by atoms with van der Waals surface area (Å²) in [5.74, 6) is 0.106. The molecule has 1 amide bonds. The molecule has 0 saturated heterocycles. The molecule has 1 aromatic carbocycles. The molecule has 0 bridgehead atoms. The Kier molecular flexibility index (Phi) is 5.00. The molecule has 0 fully saturated rings. The second kappa shape index (κ2) is 6.52. The Hall–Kier alpha value is -2.04. The van der Waals surface area contributed by atoms with Crippen LogP contribution in [0.5, 0.6) is 0 Å². The van der Waals surface area contributed by atoms with Crippen LogP contribution in [0.4, 0.5) is 5.69 Å². The van der Waals surface area contributed by atoms with Crippen molar-refractivity contribution in [3.05, 3.63) is 29.8 Å². The first kappa shape index (κ1) is 13.0. The number of nitrogens with one attached hydrogen (secondary N) is 1.